The lowest BCUT2D eigenvalue weighted by molar-refractivity contribution is -0.132. The van der Waals surface area contributed by atoms with Crippen molar-refractivity contribution in [1.82, 2.24) is 10.2 Å². The number of carbonyl (C=O) groups excluding carboxylic acids is 2. The molecule has 1 aliphatic rings. The number of hydrogen-bond acceptors (Lipinski definition) is 3. The van der Waals surface area contributed by atoms with Gasteiger partial charge in [0.2, 0.25) is 11.8 Å². The van der Waals surface area contributed by atoms with Gasteiger partial charge in [0.05, 0.1) is 13.0 Å². The van der Waals surface area contributed by atoms with E-state index in [4.69, 9.17) is 0 Å². The van der Waals surface area contributed by atoms with E-state index in [9.17, 15) is 9.59 Å². The molecule has 0 aliphatic carbocycles. The fourth-order valence-electron chi connectivity index (χ4n) is 2.24. The van der Waals surface area contributed by atoms with Gasteiger partial charge in [-0.1, -0.05) is 18.9 Å². The van der Waals surface area contributed by atoms with Crippen molar-refractivity contribution >= 4 is 23.2 Å². The van der Waals surface area contributed by atoms with Gasteiger partial charge < -0.3 is 10.2 Å². The van der Waals surface area contributed by atoms with E-state index in [1.807, 2.05) is 22.4 Å². The lowest BCUT2D eigenvalue weighted by Gasteiger charge is -2.20. The van der Waals surface area contributed by atoms with Crippen molar-refractivity contribution in [2.24, 2.45) is 0 Å². The van der Waals surface area contributed by atoms with Crippen LogP contribution in [0.25, 0.3) is 0 Å². The summed E-state index contributed by atoms with van der Waals surface area (Å²) in [4.78, 5) is 26.6. The largest absolute Gasteiger partial charge is 0.347 e. The Balaban J connectivity index is 1.71. The van der Waals surface area contributed by atoms with Crippen molar-refractivity contribution in [3.05, 3.63) is 22.4 Å². The fraction of sp³-hybridized carbons (Fsp3) is 0.571. The molecule has 0 bridgehead atoms. The predicted octanol–water partition coefficient (Wildman–Crippen LogP) is 1.81. The van der Waals surface area contributed by atoms with E-state index in [1.54, 1.807) is 11.3 Å². The number of rotatable bonds is 4. The maximum atomic E-state index is 12.0. The molecule has 1 N–H and O–H groups in total. The Hall–Kier alpha value is -1.36. The first-order valence-electron chi connectivity index (χ1n) is 6.82. The summed E-state index contributed by atoms with van der Waals surface area (Å²) in [5, 5.41) is 4.66. The fourth-order valence-corrected chi connectivity index (χ4v) is 2.94. The van der Waals surface area contributed by atoms with E-state index in [2.05, 4.69) is 5.32 Å². The standard InChI is InChI=1S/C14H20N2O2S/c17-13(10-12-6-5-9-19-12)15-11-14(18)16-7-3-1-2-4-8-16/h5-6,9H,1-4,7-8,10-11H2,(H,15,17). The highest BCUT2D eigenvalue weighted by Gasteiger charge is 2.16. The van der Waals surface area contributed by atoms with Crippen LogP contribution in [-0.4, -0.2) is 36.3 Å². The summed E-state index contributed by atoms with van der Waals surface area (Å²) in [5.41, 5.74) is 0. The summed E-state index contributed by atoms with van der Waals surface area (Å²) >= 11 is 1.56. The molecule has 0 saturated carbocycles. The van der Waals surface area contributed by atoms with Crippen molar-refractivity contribution in [1.29, 1.82) is 0 Å². The van der Waals surface area contributed by atoms with Crippen molar-refractivity contribution in [3.63, 3.8) is 0 Å². The van der Waals surface area contributed by atoms with E-state index >= 15 is 0 Å². The highest BCUT2D eigenvalue weighted by molar-refractivity contribution is 7.10. The van der Waals surface area contributed by atoms with E-state index in [0.717, 1.165) is 30.8 Å². The smallest absolute Gasteiger partial charge is 0.241 e. The van der Waals surface area contributed by atoms with Gasteiger partial charge in [0.1, 0.15) is 0 Å². The summed E-state index contributed by atoms with van der Waals surface area (Å²) in [6.45, 7) is 1.80. The van der Waals surface area contributed by atoms with E-state index in [0.29, 0.717) is 6.42 Å². The number of amides is 2. The Labute approximate surface area is 117 Å². The van der Waals surface area contributed by atoms with Crippen LogP contribution in [0.3, 0.4) is 0 Å². The second-order valence-electron chi connectivity index (χ2n) is 4.83. The van der Waals surface area contributed by atoms with E-state index in [-0.39, 0.29) is 18.4 Å². The molecule has 104 valence electrons. The van der Waals surface area contributed by atoms with Crippen LogP contribution in [0.1, 0.15) is 30.6 Å². The number of likely N-dealkylation sites (tertiary alicyclic amines) is 1. The molecule has 2 heterocycles. The van der Waals surface area contributed by atoms with Gasteiger partial charge in [-0.15, -0.1) is 11.3 Å². The molecule has 0 spiro atoms. The highest BCUT2D eigenvalue weighted by Crippen LogP contribution is 2.10. The Morgan fingerprint density at radius 2 is 1.95 bits per heavy atom. The molecule has 1 aliphatic heterocycles. The predicted molar refractivity (Wildman–Crippen MR) is 76.1 cm³/mol. The second kappa shape index (κ2) is 7.28. The van der Waals surface area contributed by atoms with E-state index in [1.165, 1.54) is 12.8 Å². The molecular weight excluding hydrogens is 260 g/mol. The molecule has 1 fully saturated rings. The first kappa shape index (κ1) is 14.1. The van der Waals surface area contributed by atoms with Crippen molar-refractivity contribution < 1.29 is 9.59 Å². The van der Waals surface area contributed by atoms with Crippen LogP contribution in [0.2, 0.25) is 0 Å². The minimum absolute atomic E-state index is 0.0430. The van der Waals surface area contributed by atoms with Crippen molar-refractivity contribution in [2.75, 3.05) is 19.6 Å². The quantitative estimate of drug-likeness (QED) is 0.914. The molecule has 1 saturated heterocycles. The number of nitrogens with one attached hydrogen (secondary N) is 1. The molecular formula is C14H20N2O2S. The van der Waals surface area contributed by atoms with Gasteiger partial charge in [-0.25, -0.2) is 0 Å². The maximum Gasteiger partial charge on any atom is 0.241 e. The third kappa shape index (κ3) is 4.67. The van der Waals surface area contributed by atoms with Gasteiger partial charge in [0.25, 0.3) is 0 Å². The molecule has 0 aromatic carbocycles. The van der Waals surface area contributed by atoms with Crippen molar-refractivity contribution in [3.8, 4) is 0 Å². The van der Waals surface area contributed by atoms with Gasteiger partial charge >= 0.3 is 0 Å². The van der Waals surface area contributed by atoms with Crippen LogP contribution in [0, 0.1) is 0 Å². The molecule has 1 aromatic rings. The zero-order valence-electron chi connectivity index (χ0n) is 11.1. The minimum atomic E-state index is -0.0781. The SMILES string of the molecule is O=C(Cc1cccs1)NCC(=O)N1CCCCCC1. The van der Waals surface area contributed by atoms with Crippen LogP contribution < -0.4 is 5.32 Å². The van der Waals surface area contributed by atoms with Gasteiger partial charge in [0, 0.05) is 18.0 Å². The lowest BCUT2D eigenvalue weighted by atomic mass is 10.2. The molecule has 1 aromatic heterocycles. The molecule has 19 heavy (non-hydrogen) atoms. The second-order valence-corrected chi connectivity index (χ2v) is 5.86. The van der Waals surface area contributed by atoms with E-state index < -0.39 is 0 Å². The minimum Gasteiger partial charge on any atom is -0.347 e. The summed E-state index contributed by atoms with van der Waals surface area (Å²) in [7, 11) is 0. The third-order valence-electron chi connectivity index (χ3n) is 3.31. The number of hydrogen-bond donors (Lipinski definition) is 1. The average molecular weight is 280 g/mol. The van der Waals surface area contributed by atoms with Crippen LogP contribution in [-0.2, 0) is 16.0 Å². The summed E-state index contributed by atoms with van der Waals surface area (Å²) < 4.78 is 0. The normalized spacial score (nSPS) is 15.9. The summed E-state index contributed by atoms with van der Waals surface area (Å²) in [6, 6.07) is 3.86. The van der Waals surface area contributed by atoms with Gasteiger partial charge in [0.15, 0.2) is 0 Å². The molecule has 5 heteroatoms. The molecule has 0 radical (unpaired) electrons. The van der Waals surface area contributed by atoms with Crippen LogP contribution in [0.5, 0.6) is 0 Å². The zero-order valence-corrected chi connectivity index (χ0v) is 11.9. The highest BCUT2D eigenvalue weighted by atomic mass is 32.1. The first-order chi connectivity index (χ1) is 9.25. The zero-order chi connectivity index (χ0) is 13.5. The molecule has 0 atom stereocenters. The van der Waals surface area contributed by atoms with Gasteiger partial charge in [-0.2, -0.15) is 0 Å². The molecule has 0 unspecified atom stereocenters. The Morgan fingerprint density at radius 3 is 2.58 bits per heavy atom. The molecule has 4 nitrogen and oxygen atoms in total. The van der Waals surface area contributed by atoms with Gasteiger partial charge in [-0.05, 0) is 24.3 Å². The summed E-state index contributed by atoms with van der Waals surface area (Å²) in [6.07, 6.45) is 4.93. The Morgan fingerprint density at radius 1 is 1.21 bits per heavy atom. The number of thiophene rings is 1. The summed E-state index contributed by atoms with van der Waals surface area (Å²) in [5.74, 6) is -0.0351. The first-order valence-corrected chi connectivity index (χ1v) is 7.70. The van der Waals surface area contributed by atoms with Gasteiger partial charge in [-0.3, -0.25) is 9.59 Å². The average Bonchev–Trinajstić information content (AvgIpc) is 2.76. The maximum absolute atomic E-state index is 12.0. The monoisotopic (exact) mass is 280 g/mol. The van der Waals surface area contributed by atoms with Crippen LogP contribution in [0.15, 0.2) is 17.5 Å². The molecule has 2 amide bonds. The van der Waals surface area contributed by atoms with Crippen molar-refractivity contribution in [2.45, 2.75) is 32.1 Å². The van der Waals surface area contributed by atoms with Crippen LogP contribution in [0.4, 0.5) is 0 Å². The third-order valence-corrected chi connectivity index (χ3v) is 4.19. The topological polar surface area (TPSA) is 49.4 Å². The Kier molecular flexibility index (Phi) is 5.39. The number of carbonyl (C=O) groups is 2. The number of nitrogens with zero attached hydrogens (tertiary/aromatic N) is 1. The Bertz CT molecular complexity index is 409. The van der Waals surface area contributed by atoms with Crippen LogP contribution >= 0.6 is 11.3 Å². The molecule has 2 rings (SSSR count). The lowest BCUT2D eigenvalue weighted by Crippen LogP contribution is -2.41.